The van der Waals surface area contributed by atoms with Crippen LogP contribution in [0.25, 0.3) is 0 Å². The SMILES string of the molecule is Cc1ccc(SCCNC(=O)C(C)N2CCc3ccccc3C2)cc1. The van der Waals surface area contributed by atoms with Gasteiger partial charge < -0.3 is 5.32 Å². The summed E-state index contributed by atoms with van der Waals surface area (Å²) in [5.74, 6) is 1.02. The number of nitrogens with one attached hydrogen (secondary N) is 1. The molecule has 1 amide bonds. The Kier molecular flexibility index (Phi) is 6.16. The van der Waals surface area contributed by atoms with E-state index >= 15 is 0 Å². The molecule has 2 aromatic rings. The van der Waals surface area contributed by atoms with Crippen LogP contribution >= 0.6 is 11.8 Å². The van der Waals surface area contributed by atoms with Gasteiger partial charge in [0, 0.05) is 30.3 Å². The van der Waals surface area contributed by atoms with Gasteiger partial charge in [0.2, 0.25) is 5.91 Å². The molecule has 1 aliphatic rings. The highest BCUT2D eigenvalue weighted by Gasteiger charge is 2.24. The number of hydrogen-bond donors (Lipinski definition) is 1. The molecule has 0 radical (unpaired) electrons. The van der Waals surface area contributed by atoms with Gasteiger partial charge >= 0.3 is 0 Å². The molecule has 1 unspecified atom stereocenters. The third kappa shape index (κ3) is 4.86. The summed E-state index contributed by atoms with van der Waals surface area (Å²) in [7, 11) is 0. The van der Waals surface area contributed by atoms with E-state index in [2.05, 4.69) is 65.7 Å². The molecule has 4 heteroatoms. The minimum atomic E-state index is -0.0854. The largest absolute Gasteiger partial charge is 0.354 e. The minimum Gasteiger partial charge on any atom is -0.354 e. The van der Waals surface area contributed by atoms with E-state index < -0.39 is 0 Å². The van der Waals surface area contributed by atoms with Gasteiger partial charge in [-0.05, 0) is 43.5 Å². The summed E-state index contributed by atoms with van der Waals surface area (Å²) in [5, 5.41) is 3.08. The maximum atomic E-state index is 12.4. The molecule has 25 heavy (non-hydrogen) atoms. The predicted molar refractivity (Wildman–Crippen MR) is 105 cm³/mol. The average molecular weight is 355 g/mol. The van der Waals surface area contributed by atoms with Crippen LogP contribution in [0.1, 0.15) is 23.6 Å². The van der Waals surface area contributed by atoms with Crippen molar-refractivity contribution < 1.29 is 4.79 Å². The molecule has 0 bridgehead atoms. The number of thioether (sulfide) groups is 1. The lowest BCUT2D eigenvalue weighted by atomic mass is 9.99. The van der Waals surface area contributed by atoms with Gasteiger partial charge in [-0.2, -0.15) is 0 Å². The fourth-order valence-corrected chi connectivity index (χ4v) is 3.91. The molecule has 3 nitrogen and oxygen atoms in total. The number of hydrogen-bond acceptors (Lipinski definition) is 3. The van der Waals surface area contributed by atoms with Gasteiger partial charge in [0.1, 0.15) is 0 Å². The molecule has 1 aliphatic heterocycles. The Bertz CT molecular complexity index is 714. The number of amides is 1. The van der Waals surface area contributed by atoms with Gasteiger partial charge in [-0.3, -0.25) is 9.69 Å². The van der Waals surface area contributed by atoms with Crippen molar-refractivity contribution >= 4 is 17.7 Å². The van der Waals surface area contributed by atoms with Crippen molar-refractivity contribution in [3.8, 4) is 0 Å². The number of nitrogens with zero attached hydrogens (tertiary/aromatic N) is 1. The van der Waals surface area contributed by atoms with E-state index in [0.717, 1.165) is 25.3 Å². The Hall–Kier alpha value is -1.78. The van der Waals surface area contributed by atoms with Crippen molar-refractivity contribution in [1.29, 1.82) is 0 Å². The van der Waals surface area contributed by atoms with Crippen molar-refractivity contribution in [2.24, 2.45) is 0 Å². The molecule has 3 rings (SSSR count). The lowest BCUT2D eigenvalue weighted by molar-refractivity contribution is -0.126. The van der Waals surface area contributed by atoms with Crippen LogP contribution < -0.4 is 5.32 Å². The maximum absolute atomic E-state index is 12.4. The summed E-state index contributed by atoms with van der Waals surface area (Å²) in [4.78, 5) is 16.0. The molecule has 2 aromatic carbocycles. The second kappa shape index (κ2) is 8.54. The molecule has 0 saturated carbocycles. The maximum Gasteiger partial charge on any atom is 0.237 e. The zero-order valence-electron chi connectivity index (χ0n) is 15.0. The molecule has 0 aromatic heterocycles. The van der Waals surface area contributed by atoms with Gasteiger partial charge in [0.25, 0.3) is 0 Å². The molecule has 1 heterocycles. The minimum absolute atomic E-state index is 0.0854. The van der Waals surface area contributed by atoms with Gasteiger partial charge in [-0.1, -0.05) is 42.0 Å². The summed E-state index contributed by atoms with van der Waals surface area (Å²) in [6, 6.07) is 17.0. The highest BCUT2D eigenvalue weighted by atomic mass is 32.2. The number of aryl methyl sites for hydroxylation is 1. The monoisotopic (exact) mass is 354 g/mol. The van der Waals surface area contributed by atoms with Gasteiger partial charge in [-0.15, -0.1) is 11.8 Å². The molecule has 0 fully saturated rings. The third-order valence-electron chi connectivity index (χ3n) is 4.78. The van der Waals surface area contributed by atoms with E-state index in [1.165, 1.54) is 21.6 Å². The Balaban J connectivity index is 1.43. The van der Waals surface area contributed by atoms with Gasteiger partial charge in [0.15, 0.2) is 0 Å². The molecule has 0 spiro atoms. The molecule has 1 atom stereocenters. The Morgan fingerprint density at radius 1 is 1.16 bits per heavy atom. The first-order valence-electron chi connectivity index (χ1n) is 8.91. The Morgan fingerprint density at radius 2 is 1.88 bits per heavy atom. The summed E-state index contributed by atoms with van der Waals surface area (Å²) in [5.41, 5.74) is 4.04. The van der Waals surface area contributed by atoms with Crippen molar-refractivity contribution in [3.63, 3.8) is 0 Å². The molecular weight excluding hydrogens is 328 g/mol. The molecule has 132 valence electrons. The van der Waals surface area contributed by atoms with Crippen molar-refractivity contribution in [2.45, 2.75) is 37.8 Å². The smallest absolute Gasteiger partial charge is 0.237 e. The molecular formula is C21H26N2OS. The van der Waals surface area contributed by atoms with Crippen LogP contribution in [-0.4, -0.2) is 35.7 Å². The van der Waals surface area contributed by atoms with Crippen LogP contribution in [0.5, 0.6) is 0 Å². The fourth-order valence-electron chi connectivity index (χ4n) is 3.14. The van der Waals surface area contributed by atoms with Crippen LogP contribution in [-0.2, 0) is 17.8 Å². The van der Waals surface area contributed by atoms with Crippen LogP contribution in [0.15, 0.2) is 53.4 Å². The summed E-state index contributed by atoms with van der Waals surface area (Å²) >= 11 is 1.78. The lowest BCUT2D eigenvalue weighted by Crippen LogP contribution is -2.47. The average Bonchev–Trinajstić information content (AvgIpc) is 2.65. The highest BCUT2D eigenvalue weighted by molar-refractivity contribution is 7.99. The number of fused-ring (bicyclic) bond motifs is 1. The van der Waals surface area contributed by atoms with Gasteiger partial charge in [0.05, 0.1) is 6.04 Å². The zero-order valence-corrected chi connectivity index (χ0v) is 15.8. The first-order chi connectivity index (χ1) is 12.1. The van der Waals surface area contributed by atoms with Crippen LogP contribution in [0.4, 0.5) is 0 Å². The van der Waals surface area contributed by atoms with E-state index in [1.807, 2.05) is 6.92 Å². The molecule has 1 N–H and O–H groups in total. The number of carbonyl (C=O) groups is 1. The van der Waals surface area contributed by atoms with E-state index in [1.54, 1.807) is 11.8 Å². The second-order valence-corrected chi connectivity index (χ2v) is 7.79. The van der Waals surface area contributed by atoms with Crippen LogP contribution in [0.3, 0.4) is 0 Å². The van der Waals surface area contributed by atoms with Crippen LogP contribution in [0.2, 0.25) is 0 Å². The highest BCUT2D eigenvalue weighted by Crippen LogP contribution is 2.20. The summed E-state index contributed by atoms with van der Waals surface area (Å²) in [6.45, 7) is 6.62. The van der Waals surface area contributed by atoms with E-state index in [-0.39, 0.29) is 11.9 Å². The van der Waals surface area contributed by atoms with E-state index in [9.17, 15) is 4.79 Å². The predicted octanol–water partition coefficient (Wildman–Crippen LogP) is 3.65. The first kappa shape index (κ1) is 18.0. The van der Waals surface area contributed by atoms with E-state index in [0.29, 0.717) is 6.54 Å². The topological polar surface area (TPSA) is 32.3 Å². The quantitative estimate of drug-likeness (QED) is 0.635. The van der Waals surface area contributed by atoms with Crippen LogP contribution in [0, 0.1) is 6.92 Å². The van der Waals surface area contributed by atoms with E-state index in [4.69, 9.17) is 0 Å². The third-order valence-corrected chi connectivity index (χ3v) is 5.79. The lowest BCUT2D eigenvalue weighted by Gasteiger charge is -2.32. The standard InChI is InChI=1S/C21H26N2OS/c1-16-7-9-20(10-8-16)25-14-12-22-21(24)17(2)23-13-11-18-5-3-4-6-19(18)15-23/h3-10,17H,11-15H2,1-2H3,(H,22,24). The van der Waals surface area contributed by atoms with Crippen molar-refractivity contribution in [2.75, 3.05) is 18.8 Å². The summed E-state index contributed by atoms with van der Waals surface area (Å²) < 4.78 is 0. The number of carbonyl (C=O) groups excluding carboxylic acids is 1. The normalized spacial score (nSPS) is 15.4. The van der Waals surface area contributed by atoms with Crippen molar-refractivity contribution in [3.05, 3.63) is 65.2 Å². The molecule has 0 saturated heterocycles. The molecule has 0 aliphatic carbocycles. The first-order valence-corrected chi connectivity index (χ1v) is 9.90. The zero-order chi connectivity index (χ0) is 17.6. The second-order valence-electron chi connectivity index (χ2n) is 6.62. The number of rotatable bonds is 6. The fraction of sp³-hybridized carbons (Fsp3) is 0.381. The Morgan fingerprint density at radius 3 is 2.64 bits per heavy atom. The Labute approximate surface area is 154 Å². The number of benzene rings is 2. The van der Waals surface area contributed by atoms with Crippen molar-refractivity contribution in [1.82, 2.24) is 10.2 Å². The summed E-state index contributed by atoms with van der Waals surface area (Å²) in [6.07, 6.45) is 1.02. The van der Waals surface area contributed by atoms with Gasteiger partial charge in [-0.25, -0.2) is 0 Å².